The number of nitrogens with zero attached hydrogens (tertiary/aromatic N) is 2. The normalized spacial score (nSPS) is 10.8. The van der Waals surface area contributed by atoms with Crippen LogP contribution in [0.2, 0.25) is 0 Å². The fraction of sp³-hybridized carbons (Fsp3) is 0.118. The van der Waals surface area contributed by atoms with Gasteiger partial charge in [-0.1, -0.05) is 30.3 Å². The maximum atomic E-state index is 13.3. The number of rotatable bonds is 2. The molecular weight excluding hydrogens is 265 g/mol. The number of nitrogen functional groups attached to an aromatic ring is 1. The first-order valence-corrected chi connectivity index (χ1v) is 6.75. The number of hydrogen-bond donors (Lipinski definition) is 1. The van der Waals surface area contributed by atoms with E-state index in [9.17, 15) is 4.39 Å². The number of anilines is 1. The van der Waals surface area contributed by atoms with Gasteiger partial charge in [-0.05, 0) is 43.2 Å². The van der Waals surface area contributed by atoms with Crippen molar-refractivity contribution in [3.8, 4) is 16.8 Å². The Morgan fingerprint density at radius 2 is 1.76 bits per heavy atom. The molecular formula is C17H16FN3. The molecule has 0 radical (unpaired) electrons. The molecule has 3 aromatic rings. The molecule has 1 aromatic heterocycles. The first-order chi connectivity index (χ1) is 10.1. The molecule has 0 saturated carbocycles. The van der Waals surface area contributed by atoms with Crippen LogP contribution in [0.4, 0.5) is 10.2 Å². The van der Waals surface area contributed by atoms with Crippen LogP contribution in [-0.4, -0.2) is 9.78 Å². The topological polar surface area (TPSA) is 43.8 Å². The van der Waals surface area contributed by atoms with Crippen molar-refractivity contribution in [2.45, 2.75) is 13.8 Å². The van der Waals surface area contributed by atoms with Crippen LogP contribution in [0, 0.1) is 19.7 Å². The molecule has 0 atom stereocenters. The molecule has 1 heterocycles. The molecule has 2 N–H and O–H groups in total. The predicted octanol–water partition coefficient (Wildman–Crippen LogP) is 3.88. The molecule has 0 fully saturated rings. The van der Waals surface area contributed by atoms with Gasteiger partial charge in [-0.15, -0.1) is 0 Å². The largest absolute Gasteiger partial charge is 0.383 e. The summed E-state index contributed by atoms with van der Waals surface area (Å²) >= 11 is 0. The van der Waals surface area contributed by atoms with Gasteiger partial charge in [-0.3, -0.25) is 0 Å². The average Bonchev–Trinajstić information content (AvgIpc) is 2.75. The molecule has 0 aliphatic heterocycles. The lowest BCUT2D eigenvalue weighted by Gasteiger charge is -2.08. The first kappa shape index (κ1) is 13.4. The Hall–Kier alpha value is -2.62. The molecule has 3 nitrogen and oxygen atoms in total. The van der Waals surface area contributed by atoms with Gasteiger partial charge in [-0.25, -0.2) is 9.07 Å². The van der Waals surface area contributed by atoms with E-state index in [-0.39, 0.29) is 5.82 Å². The van der Waals surface area contributed by atoms with Gasteiger partial charge >= 0.3 is 0 Å². The van der Waals surface area contributed by atoms with Crippen molar-refractivity contribution < 1.29 is 4.39 Å². The van der Waals surface area contributed by atoms with Crippen LogP contribution in [0.3, 0.4) is 0 Å². The Balaban J connectivity index is 2.18. The van der Waals surface area contributed by atoms with Crippen LogP contribution in [-0.2, 0) is 0 Å². The number of hydrogen-bond acceptors (Lipinski definition) is 2. The Bertz CT molecular complexity index is 791. The van der Waals surface area contributed by atoms with E-state index >= 15 is 0 Å². The summed E-state index contributed by atoms with van der Waals surface area (Å²) in [4.78, 5) is 0. The van der Waals surface area contributed by atoms with E-state index in [1.54, 1.807) is 10.7 Å². The average molecular weight is 281 g/mol. The second-order valence-electron chi connectivity index (χ2n) is 5.05. The lowest BCUT2D eigenvalue weighted by molar-refractivity contribution is 0.625. The van der Waals surface area contributed by atoms with Gasteiger partial charge in [0.25, 0.3) is 0 Å². The maximum Gasteiger partial charge on any atom is 0.135 e. The standard InChI is InChI=1S/C17H16FN3/c1-11-10-14(18)8-9-15(11)21-17(19)16(12(2)20-21)13-6-4-3-5-7-13/h3-10H,19H2,1-2H3. The van der Waals surface area contributed by atoms with Crippen LogP contribution in [0.15, 0.2) is 48.5 Å². The van der Waals surface area contributed by atoms with Gasteiger partial charge < -0.3 is 5.73 Å². The minimum absolute atomic E-state index is 0.262. The highest BCUT2D eigenvalue weighted by Gasteiger charge is 2.16. The molecule has 0 spiro atoms. The zero-order chi connectivity index (χ0) is 15.0. The van der Waals surface area contributed by atoms with Crippen molar-refractivity contribution >= 4 is 5.82 Å². The molecule has 0 unspecified atom stereocenters. The second kappa shape index (κ2) is 5.05. The first-order valence-electron chi connectivity index (χ1n) is 6.75. The fourth-order valence-electron chi connectivity index (χ4n) is 2.55. The number of benzene rings is 2. The molecule has 0 bridgehead atoms. The number of halogens is 1. The Kier molecular flexibility index (Phi) is 3.22. The molecule has 4 heteroatoms. The summed E-state index contributed by atoms with van der Waals surface area (Å²) in [7, 11) is 0. The minimum Gasteiger partial charge on any atom is -0.383 e. The summed E-state index contributed by atoms with van der Waals surface area (Å²) in [6.45, 7) is 3.77. The SMILES string of the molecule is Cc1cc(F)ccc1-n1nc(C)c(-c2ccccc2)c1N. The van der Waals surface area contributed by atoms with Crippen molar-refractivity contribution in [1.29, 1.82) is 0 Å². The molecule has 0 aliphatic rings. The smallest absolute Gasteiger partial charge is 0.135 e. The predicted molar refractivity (Wildman–Crippen MR) is 82.8 cm³/mol. The van der Waals surface area contributed by atoms with Crippen LogP contribution < -0.4 is 5.73 Å². The van der Waals surface area contributed by atoms with Crippen LogP contribution in [0.1, 0.15) is 11.3 Å². The monoisotopic (exact) mass is 281 g/mol. The third-order valence-corrected chi connectivity index (χ3v) is 3.55. The fourth-order valence-corrected chi connectivity index (χ4v) is 2.55. The summed E-state index contributed by atoms with van der Waals surface area (Å²) in [5.74, 6) is 0.301. The van der Waals surface area contributed by atoms with Gasteiger partial charge in [0.15, 0.2) is 0 Å². The lowest BCUT2D eigenvalue weighted by atomic mass is 10.1. The summed E-state index contributed by atoms with van der Waals surface area (Å²) in [6.07, 6.45) is 0. The highest BCUT2D eigenvalue weighted by molar-refractivity contribution is 5.77. The summed E-state index contributed by atoms with van der Waals surface area (Å²) in [6, 6.07) is 14.5. The summed E-state index contributed by atoms with van der Waals surface area (Å²) < 4.78 is 14.9. The quantitative estimate of drug-likeness (QED) is 0.774. The summed E-state index contributed by atoms with van der Waals surface area (Å²) in [5, 5.41) is 4.52. The van der Waals surface area contributed by atoms with Crippen molar-refractivity contribution in [2.75, 3.05) is 5.73 Å². The van der Waals surface area contributed by atoms with E-state index in [1.165, 1.54) is 12.1 Å². The van der Waals surface area contributed by atoms with E-state index in [1.807, 2.05) is 44.2 Å². The van der Waals surface area contributed by atoms with E-state index in [0.29, 0.717) is 5.82 Å². The van der Waals surface area contributed by atoms with Gasteiger partial charge in [0.2, 0.25) is 0 Å². The highest BCUT2D eigenvalue weighted by atomic mass is 19.1. The number of aromatic nitrogens is 2. The van der Waals surface area contributed by atoms with Gasteiger partial charge in [0.1, 0.15) is 11.6 Å². The molecule has 0 aliphatic carbocycles. The second-order valence-corrected chi connectivity index (χ2v) is 5.05. The molecule has 0 amide bonds. The van der Waals surface area contributed by atoms with E-state index < -0.39 is 0 Å². The zero-order valence-electron chi connectivity index (χ0n) is 12.0. The van der Waals surface area contributed by atoms with E-state index in [2.05, 4.69) is 5.10 Å². The Morgan fingerprint density at radius 1 is 1.05 bits per heavy atom. The number of aryl methyl sites for hydroxylation is 2. The summed E-state index contributed by atoms with van der Waals surface area (Å²) in [5.41, 5.74) is 10.7. The van der Waals surface area contributed by atoms with E-state index in [0.717, 1.165) is 28.1 Å². The molecule has 0 saturated heterocycles. The molecule has 3 rings (SSSR count). The zero-order valence-corrected chi connectivity index (χ0v) is 12.0. The van der Waals surface area contributed by atoms with Crippen LogP contribution in [0.25, 0.3) is 16.8 Å². The lowest BCUT2D eigenvalue weighted by Crippen LogP contribution is -2.04. The highest BCUT2D eigenvalue weighted by Crippen LogP contribution is 2.31. The van der Waals surface area contributed by atoms with Crippen LogP contribution >= 0.6 is 0 Å². The maximum absolute atomic E-state index is 13.3. The molecule has 2 aromatic carbocycles. The van der Waals surface area contributed by atoms with Gasteiger partial charge in [-0.2, -0.15) is 5.10 Å². The van der Waals surface area contributed by atoms with Crippen LogP contribution in [0.5, 0.6) is 0 Å². The minimum atomic E-state index is -0.262. The Morgan fingerprint density at radius 3 is 2.43 bits per heavy atom. The number of nitrogens with two attached hydrogens (primary N) is 1. The third-order valence-electron chi connectivity index (χ3n) is 3.55. The van der Waals surface area contributed by atoms with Gasteiger partial charge in [0.05, 0.1) is 11.4 Å². The van der Waals surface area contributed by atoms with Gasteiger partial charge in [0, 0.05) is 5.56 Å². The van der Waals surface area contributed by atoms with Crippen molar-refractivity contribution in [1.82, 2.24) is 9.78 Å². The molecule has 21 heavy (non-hydrogen) atoms. The van der Waals surface area contributed by atoms with Crippen molar-refractivity contribution in [2.24, 2.45) is 0 Å². The van der Waals surface area contributed by atoms with Crippen molar-refractivity contribution in [3.05, 3.63) is 65.6 Å². The molecule has 106 valence electrons. The van der Waals surface area contributed by atoms with E-state index in [4.69, 9.17) is 5.73 Å². The Labute approximate surface area is 122 Å². The van der Waals surface area contributed by atoms with Crippen molar-refractivity contribution in [3.63, 3.8) is 0 Å². The third kappa shape index (κ3) is 2.29.